The normalized spacial score (nSPS) is 9.85. The van der Waals surface area contributed by atoms with Crippen molar-refractivity contribution in [2.45, 2.75) is 20.8 Å². The molecule has 0 atom stereocenters. The molecule has 0 N–H and O–H groups in total. The second-order valence-corrected chi connectivity index (χ2v) is 4.32. The number of hydrogen-bond donors (Lipinski definition) is 0. The first kappa shape index (κ1) is 15.5. The average Bonchev–Trinajstić information content (AvgIpc) is 2.47. The molecule has 0 aliphatic heterocycles. The molecule has 0 fully saturated rings. The van der Waals surface area contributed by atoms with Crippen molar-refractivity contribution in [3.05, 3.63) is 70.1 Å². The Bertz CT molecular complexity index is 578. The predicted molar refractivity (Wildman–Crippen MR) is 85.1 cm³/mol. The molecule has 3 heteroatoms. The predicted octanol–water partition coefficient (Wildman–Crippen LogP) is 4.53. The van der Waals surface area contributed by atoms with Gasteiger partial charge >= 0.3 is 5.82 Å². The lowest BCUT2D eigenvalue weighted by molar-refractivity contribution is 0.865. The van der Waals surface area contributed by atoms with Gasteiger partial charge in [0.1, 0.15) is 13.1 Å². The van der Waals surface area contributed by atoms with Crippen molar-refractivity contribution in [1.29, 1.82) is 0 Å². The Hall–Kier alpha value is -2.52. The molecule has 0 bridgehead atoms. The topological polar surface area (TPSA) is 12.0 Å². The van der Waals surface area contributed by atoms with E-state index in [1.165, 1.54) is 17.3 Å². The molecule has 20 heavy (non-hydrogen) atoms. The van der Waals surface area contributed by atoms with Gasteiger partial charge in [0, 0.05) is 24.9 Å². The molecule has 0 saturated carbocycles. The van der Waals surface area contributed by atoms with Gasteiger partial charge in [-0.2, -0.15) is 9.69 Å². The number of rotatable bonds is 5. The zero-order valence-electron chi connectivity index (χ0n) is 12.2. The molecule has 0 saturated heterocycles. The smallest absolute Gasteiger partial charge is 0.372 e. The van der Waals surface area contributed by atoms with Gasteiger partial charge in [-0.25, -0.2) is 0 Å². The fourth-order valence-corrected chi connectivity index (χ4v) is 1.97. The van der Waals surface area contributed by atoms with Crippen LogP contribution in [0.25, 0.3) is 15.8 Å². The molecule has 102 valence electrons. The van der Waals surface area contributed by atoms with Crippen LogP contribution in [0.2, 0.25) is 0 Å². The minimum atomic E-state index is 0.0821. The number of benzene rings is 1. The van der Waals surface area contributed by atoms with E-state index >= 15 is 0 Å². The summed E-state index contributed by atoms with van der Waals surface area (Å²) in [6.07, 6.45) is 5.22. The summed E-state index contributed by atoms with van der Waals surface area (Å²) in [6, 6.07) is 6.34. The van der Waals surface area contributed by atoms with Gasteiger partial charge in [0.25, 0.3) is 0 Å². The molecule has 0 unspecified atom stereocenters. The van der Waals surface area contributed by atoms with Crippen LogP contribution >= 0.6 is 0 Å². The van der Waals surface area contributed by atoms with Gasteiger partial charge in [-0.1, -0.05) is 18.2 Å². The maximum Gasteiger partial charge on any atom is 0.519 e. The third kappa shape index (κ3) is 4.00. The fourth-order valence-electron chi connectivity index (χ4n) is 1.97. The SMILES string of the molecule is [C-]#[N+]C(=CC=Cc1ccc(N(CC)CC)cc1C)[N+]#[C-]. The Kier molecular flexibility index (Phi) is 6.07. The molecule has 0 aliphatic rings. The molecule has 0 amide bonds. The number of aryl methyl sites for hydroxylation is 1. The molecule has 1 aromatic rings. The van der Waals surface area contributed by atoms with Crippen LogP contribution in [-0.4, -0.2) is 13.1 Å². The first-order valence-electron chi connectivity index (χ1n) is 6.65. The highest BCUT2D eigenvalue weighted by Crippen LogP contribution is 2.20. The number of hydrogen-bond acceptors (Lipinski definition) is 1. The third-order valence-corrected chi connectivity index (χ3v) is 3.13. The van der Waals surface area contributed by atoms with E-state index in [1.54, 1.807) is 6.08 Å². The van der Waals surface area contributed by atoms with E-state index in [2.05, 4.69) is 53.6 Å². The quantitative estimate of drug-likeness (QED) is 0.562. The molecular formula is C17H19N3. The minimum Gasteiger partial charge on any atom is -0.372 e. The van der Waals surface area contributed by atoms with Crippen LogP contribution in [0.5, 0.6) is 0 Å². The van der Waals surface area contributed by atoms with Crippen LogP contribution in [0.15, 0.2) is 36.2 Å². The highest BCUT2D eigenvalue weighted by molar-refractivity contribution is 5.61. The monoisotopic (exact) mass is 265 g/mol. The second kappa shape index (κ2) is 7.81. The molecule has 0 aliphatic carbocycles. The number of allylic oxidation sites excluding steroid dienone is 2. The maximum atomic E-state index is 6.81. The summed E-state index contributed by atoms with van der Waals surface area (Å²) in [6.45, 7) is 22.0. The van der Waals surface area contributed by atoms with Crippen molar-refractivity contribution in [2.75, 3.05) is 18.0 Å². The van der Waals surface area contributed by atoms with Gasteiger partial charge in [-0.05, 0) is 44.0 Å². The first-order chi connectivity index (χ1) is 9.65. The van der Waals surface area contributed by atoms with Crippen molar-refractivity contribution < 1.29 is 0 Å². The van der Waals surface area contributed by atoms with Crippen molar-refractivity contribution in [3.63, 3.8) is 0 Å². The number of nitrogens with zero attached hydrogens (tertiary/aromatic N) is 3. The molecule has 1 aromatic carbocycles. The van der Waals surface area contributed by atoms with Crippen LogP contribution in [-0.2, 0) is 0 Å². The van der Waals surface area contributed by atoms with Gasteiger partial charge in [-0.15, -0.1) is 0 Å². The molecule has 3 nitrogen and oxygen atoms in total. The van der Waals surface area contributed by atoms with E-state index < -0.39 is 0 Å². The van der Waals surface area contributed by atoms with Crippen LogP contribution < -0.4 is 4.90 Å². The number of anilines is 1. The van der Waals surface area contributed by atoms with E-state index in [4.69, 9.17) is 13.1 Å². The molecule has 0 heterocycles. The Morgan fingerprint density at radius 1 is 1.20 bits per heavy atom. The van der Waals surface area contributed by atoms with Crippen LogP contribution in [0.1, 0.15) is 25.0 Å². The molecule has 1 rings (SSSR count). The lowest BCUT2D eigenvalue weighted by Gasteiger charge is -2.21. The Morgan fingerprint density at radius 3 is 2.35 bits per heavy atom. The maximum absolute atomic E-state index is 6.81. The lowest BCUT2D eigenvalue weighted by Crippen LogP contribution is -2.21. The van der Waals surface area contributed by atoms with Gasteiger partial charge in [0.15, 0.2) is 0 Å². The summed E-state index contributed by atoms with van der Waals surface area (Å²) in [5.41, 5.74) is 3.51. The molecule has 0 spiro atoms. The average molecular weight is 265 g/mol. The van der Waals surface area contributed by atoms with Gasteiger partial charge in [0.2, 0.25) is 0 Å². The summed E-state index contributed by atoms with van der Waals surface area (Å²) in [4.78, 5) is 8.54. The Balaban J connectivity index is 2.95. The van der Waals surface area contributed by atoms with Crippen LogP contribution in [0, 0.1) is 20.1 Å². The minimum absolute atomic E-state index is 0.0821. The molecule has 0 radical (unpaired) electrons. The Labute approximate surface area is 121 Å². The highest BCUT2D eigenvalue weighted by Gasteiger charge is 2.03. The van der Waals surface area contributed by atoms with Gasteiger partial charge < -0.3 is 4.90 Å². The van der Waals surface area contributed by atoms with Crippen molar-refractivity contribution in [1.82, 2.24) is 0 Å². The van der Waals surface area contributed by atoms with Crippen molar-refractivity contribution >= 4 is 11.8 Å². The van der Waals surface area contributed by atoms with E-state index in [0.29, 0.717) is 0 Å². The zero-order chi connectivity index (χ0) is 15.0. The second-order valence-electron chi connectivity index (χ2n) is 4.32. The van der Waals surface area contributed by atoms with Crippen LogP contribution in [0.4, 0.5) is 5.69 Å². The Morgan fingerprint density at radius 2 is 1.85 bits per heavy atom. The summed E-state index contributed by atoms with van der Waals surface area (Å²) >= 11 is 0. The fraction of sp³-hybridized carbons (Fsp3) is 0.294. The first-order valence-corrected chi connectivity index (χ1v) is 6.65. The summed E-state index contributed by atoms with van der Waals surface area (Å²) in [5, 5.41) is 0. The molecule has 0 aromatic heterocycles. The van der Waals surface area contributed by atoms with E-state index in [-0.39, 0.29) is 5.82 Å². The van der Waals surface area contributed by atoms with Crippen molar-refractivity contribution in [3.8, 4) is 0 Å². The third-order valence-electron chi connectivity index (χ3n) is 3.13. The standard InChI is InChI=1S/C17H19N3/c1-6-20(7-2)16-12-11-15(14(3)13-16)9-8-10-17(18-4)19-5/h8-13H,6-7H2,1-3H3. The van der Waals surface area contributed by atoms with Gasteiger partial charge in [-0.3, -0.25) is 0 Å². The highest BCUT2D eigenvalue weighted by atomic mass is 15.1. The summed E-state index contributed by atoms with van der Waals surface area (Å²) in [5.74, 6) is 0.0821. The largest absolute Gasteiger partial charge is 0.519 e. The zero-order valence-corrected chi connectivity index (χ0v) is 12.2. The van der Waals surface area contributed by atoms with E-state index in [1.807, 2.05) is 6.08 Å². The van der Waals surface area contributed by atoms with E-state index in [9.17, 15) is 0 Å². The lowest BCUT2D eigenvalue weighted by atomic mass is 10.1. The molecular weight excluding hydrogens is 246 g/mol. The van der Waals surface area contributed by atoms with Crippen LogP contribution in [0.3, 0.4) is 0 Å². The van der Waals surface area contributed by atoms with Gasteiger partial charge in [0.05, 0.1) is 0 Å². The van der Waals surface area contributed by atoms with Crippen molar-refractivity contribution in [2.24, 2.45) is 0 Å². The summed E-state index contributed by atoms with van der Waals surface area (Å²) < 4.78 is 0. The summed E-state index contributed by atoms with van der Waals surface area (Å²) in [7, 11) is 0. The van der Waals surface area contributed by atoms with E-state index in [0.717, 1.165) is 18.7 Å².